The molecule has 0 N–H and O–H groups in total. The average Bonchev–Trinajstić information content (AvgIpc) is 2.18. The van der Waals surface area contributed by atoms with E-state index in [9.17, 15) is 0 Å². The molecule has 0 aliphatic carbocycles. The van der Waals surface area contributed by atoms with E-state index in [1.165, 1.54) is 38.8 Å². The van der Waals surface area contributed by atoms with Crippen molar-refractivity contribution >= 4 is 15.9 Å². The van der Waals surface area contributed by atoms with Crippen molar-refractivity contribution in [3.8, 4) is 0 Å². The third-order valence-corrected chi connectivity index (χ3v) is 4.73. The molecule has 1 aliphatic heterocycles. The first kappa shape index (κ1) is 12.5. The highest BCUT2D eigenvalue weighted by atomic mass is 79.9. The SMILES string of the molecule is CCC1CCCCN1CC(C)(C)CBr. The third kappa shape index (κ3) is 3.54. The van der Waals surface area contributed by atoms with Crippen LogP contribution in [-0.2, 0) is 0 Å². The average molecular weight is 262 g/mol. The summed E-state index contributed by atoms with van der Waals surface area (Å²) in [5.74, 6) is 0. The molecule has 1 fully saturated rings. The molecule has 84 valence electrons. The molecule has 0 aromatic carbocycles. The Bertz CT molecular complexity index is 168. The molecular weight excluding hydrogens is 238 g/mol. The minimum atomic E-state index is 0.421. The molecule has 1 aliphatic rings. The Morgan fingerprint density at radius 2 is 2.07 bits per heavy atom. The fourth-order valence-corrected chi connectivity index (χ4v) is 2.50. The van der Waals surface area contributed by atoms with Crippen LogP contribution in [0.2, 0.25) is 0 Å². The van der Waals surface area contributed by atoms with E-state index in [1.807, 2.05) is 0 Å². The molecule has 1 saturated heterocycles. The second kappa shape index (κ2) is 5.50. The lowest BCUT2D eigenvalue weighted by Crippen LogP contribution is -2.44. The third-order valence-electron chi connectivity index (χ3n) is 3.21. The quantitative estimate of drug-likeness (QED) is 0.699. The van der Waals surface area contributed by atoms with Gasteiger partial charge in [-0.2, -0.15) is 0 Å². The summed E-state index contributed by atoms with van der Waals surface area (Å²) >= 11 is 3.61. The summed E-state index contributed by atoms with van der Waals surface area (Å²) in [6, 6.07) is 0.849. The second-order valence-electron chi connectivity index (χ2n) is 5.33. The molecule has 0 aromatic rings. The van der Waals surface area contributed by atoms with Crippen molar-refractivity contribution in [2.75, 3.05) is 18.4 Å². The zero-order valence-electron chi connectivity index (χ0n) is 9.85. The van der Waals surface area contributed by atoms with Crippen LogP contribution in [0.15, 0.2) is 0 Å². The number of likely N-dealkylation sites (tertiary alicyclic amines) is 1. The lowest BCUT2D eigenvalue weighted by atomic mass is 9.92. The monoisotopic (exact) mass is 261 g/mol. The fraction of sp³-hybridized carbons (Fsp3) is 1.00. The fourth-order valence-electron chi connectivity index (χ4n) is 2.32. The van der Waals surface area contributed by atoms with Gasteiger partial charge < -0.3 is 0 Å². The molecule has 1 heterocycles. The highest BCUT2D eigenvalue weighted by Gasteiger charge is 2.26. The smallest absolute Gasteiger partial charge is 0.00949 e. The maximum atomic E-state index is 3.61. The standard InChI is InChI=1S/C12H24BrN/c1-4-11-7-5-6-8-14(11)10-12(2,3)9-13/h11H,4-10H2,1-3H3. The zero-order chi connectivity index (χ0) is 10.6. The Balaban J connectivity index is 2.48. The van der Waals surface area contributed by atoms with Gasteiger partial charge in [-0.1, -0.05) is 43.1 Å². The number of piperidine rings is 1. The first-order valence-electron chi connectivity index (χ1n) is 5.89. The van der Waals surface area contributed by atoms with Crippen molar-refractivity contribution in [2.24, 2.45) is 5.41 Å². The van der Waals surface area contributed by atoms with Gasteiger partial charge in [0.15, 0.2) is 0 Å². The van der Waals surface area contributed by atoms with Gasteiger partial charge in [-0.3, -0.25) is 4.90 Å². The molecule has 0 spiro atoms. The van der Waals surface area contributed by atoms with Crippen LogP contribution < -0.4 is 0 Å². The van der Waals surface area contributed by atoms with Crippen molar-refractivity contribution in [1.82, 2.24) is 4.90 Å². The van der Waals surface area contributed by atoms with Crippen molar-refractivity contribution < 1.29 is 0 Å². The Labute approximate surface area is 97.4 Å². The van der Waals surface area contributed by atoms with Gasteiger partial charge >= 0.3 is 0 Å². The predicted molar refractivity (Wildman–Crippen MR) is 67.1 cm³/mol. The minimum absolute atomic E-state index is 0.421. The number of hydrogen-bond donors (Lipinski definition) is 0. The van der Waals surface area contributed by atoms with Gasteiger partial charge in [-0.15, -0.1) is 0 Å². The molecule has 2 heteroatoms. The first-order valence-corrected chi connectivity index (χ1v) is 7.01. The van der Waals surface area contributed by atoms with E-state index < -0.39 is 0 Å². The number of rotatable bonds is 4. The normalized spacial score (nSPS) is 25.3. The molecule has 14 heavy (non-hydrogen) atoms. The topological polar surface area (TPSA) is 3.24 Å². The van der Waals surface area contributed by atoms with E-state index >= 15 is 0 Å². The van der Waals surface area contributed by atoms with Crippen LogP contribution in [0, 0.1) is 5.41 Å². The lowest BCUT2D eigenvalue weighted by molar-refractivity contribution is 0.103. The molecule has 1 nitrogen and oxygen atoms in total. The lowest BCUT2D eigenvalue weighted by Gasteiger charge is -2.39. The molecule has 0 radical (unpaired) electrons. The molecule has 1 unspecified atom stereocenters. The van der Waals surface area contributed by atoms with Crippen LogP contribution in [0.4, 0.5) is 0 Å². The highest BCUT2D eigenvalue weighted by molar-refractivity contribution is 9.09. The van der Waals surface area contributed by atoms with Crippen LogP contribution in [0.5, 0.6) is 0 Å². The summed E-state index contributed by atoms with van der Waals surface area (Å²) in [6.45, 7) is 9.59. The number of nitrogens with zero attached hydrogens (tertiary/aromatic N) is 1. The number of hydrogen-bond acceptors (Lipinski definition) is 1. The van der Waals surface area contributed by atoms with Crippen molar-refractivity contribution in [2.45, 2.75) is 52.5 Å². The summed E-state index contributed by atoms with van der Waals surface area (Å²) in [5.41, 5.74) is 0.421. The van der Waals surface area contributed by atoms with Gasteiger partial charge in [0.25, 0.3) is 0 Å². The largest absolute Gasteiger partial charge is 0.300 e. The van der Waals surface area contributed by atoms with Gasteiger partial charge in [0.05, 0.1) is 0 Å². The Morgan fingerprint density at radius 1 is 1.36 bits per heavy atom. The molecule has 0 amide bonds. The summed E-state index contributed by atoms with van der Waals surface area (Å²) < 4.78 is 0. The van der Waals surface area contributed by atoms with Crippen LogP contribution >= 0.6 is 15.9 Å². The van der Waals surface area contributed by atoms with Crippen LogP contribution in [0.1, 0.15) is 46.5 Å². The Hall–Kier alpha value is 0.440. The summed E-state index contributed by atoms with van der Waals surface area (Å²) in [5, 5.41) is 1.10. The van der Waals surface area contributed by atoms with Crippen molar-refractivity contribution in [1.29, 1.82) is 0 Å². The maximum absolute atomic E-state index is 3.61. The van der Waals surface area contributed by atoms with E-state index in [1.54, 1.807) is 0 Å². The molecule has 0 aromatic heterocycles. The number of halogens is 1. The molecule has 0 saturated carbocycles. The zero-order valence-corrected chi connectivity index (χ0v) is 11.4. The van der Waals surface area contributed by atoms with Crippen molar-refractivity contribution in [3.05, 3.63) is 0 Å². The van der Waals surface area contributed by atoms with Crippen molar-refractivity contribution in [3.63, 3.8) is 0 Å². The first-order chi connectivity index (χ1) is 6.59. The van der Waals surface area contributed by atoms with E-state index in [-0.39, 0.29) is 0 Å². The maximum Gasteiger partial charge on any atom is 0.00949 e. The van der Waals surface area contributed by atoms with E-state index in [0.29, 0.717) is 5.41 Å². The molecule has 1 atom stereocenters. The molecular formula is C12H24BrN. The summed E-state index contributed by atoms with van der Waals surface area (Å²) in [7, 11) is 0. The Kier molecular flexibility index (Phi) is 4.92. The molecule has 1 rings (SSSR count). The predicted octanol–water partition coefficient (Wildman–Crippen LogP) is 3.67. The van der Waals surface area contributed by atoms with Crippen LogP contribution in [0.25, 0.3) is 0 Å². The van der Waals surface area contributed by atoms with Gasteiger partial charge in [0.2, 0.25) is 0 Å². The highest BCUT2D eigenvalue weighted by Crippen LogP contribution is 2.26. The van der Waals surface area contributed by atoms with Crippen LogP contribution in [0.3, 0.4) is 0 Å². The van der Waals surface area contributed by atoms with E-state index in [2.05, 4.69) is 41.6 Å². The summed E-state index contributed by atoms with van der Waals surface area (Å²) in [4.78, 5) is 2.70. The van der Waals surface area contributed by atoms with Gasteiger partial charge in [-0.25, -0.2) is 0 Å². The summed E-state index contributed by atoms with van der Waals surface area (Å²) in [6.07, 6.45) is 5.56. The second-order valence-corrected chi connectivity index (χ2v) is 5.89. The van der Waals surface area contributed by atoms with Gasteiger partial charge in [0, 0.05) is 17.9 Å². The molecule has 0 bridgehead atoms. The van der Waals surface area contributed by atoms with E-state index in [4.69, 9.17) is 0 Å². The van der Waals surface area contributed by atoms with Crippen LogP contribution in [-0.4, -0.2) is 29.4 Å². The number of alkyl halides is 1. The van der Waals surface area contributed by atoms with E-state index in [0.717, 1.165) is 11.4 Å². The van der Waals surface area contributed by atoms with Gasteiger partial charge in [-0.05, 0) is 31.2 Å². The Morgan fingerprint density at radius 3 is 2.64 bits per heavy atom. The minimum Gasteiger partial charge on any atom is -0.300 e. The van der Waals surface area contributed by atoms with Gasteiger partial charge in [0.1, 0.15) is 0 Å².